The molecule has 0 amide bonds. The Hall–Kier alpha value is -2.33. The second-order valence-electron chi connectivity index (χ2n) is 8.02. The lowest BCUT2D eigenvalue weighted by Crippen LogP contribution is -2.37. The van der Waals surface area contributed by atoms with Crippen molar-refractivity contribution in [1.82, 2.24) is 14.5 Å². The largest absolute Gasteiger partial charge is 0.573 e. The van der Waals surface area contributed by atoms with Crippen LogP contribution in [-0.4, -0.2) is 45.4 Å². The molecular weight excluding hydrogens is 437 g/mol. The first-order valence-electron chi connectivity index (χ1n) is 10.0. The monoisotopic (exact) mass is 460 g/mol. The molecule has 0 bridgehead atoms. The van der Waals surface area contributed by atoms with Crippen LogP contribution in [0.1, 0.15) is 25.3 Å². The molecule has 1 saturated heterocycles. The van der Waals surface area contributed by atoms with E-state index in [2.05, 4.69) is 21.5 Å². The van der Waals surface area contributed by atoms with Crippen LogP contribution in [-0.2, 0) is 13.0 Å². The number of imidazole rings is 1. The number of nitrogens with zero attached hydrogens (tertiary/aromatic N) is 4. The summed E-state index contributed by atoms with van der Waals surface area (Å²) in [7, 11) is 0. The maximum absolute atomic E-state index is 12.3. The Morgan fingerprint density at radius 3 is 2.45 bits per heavy atom. The molecule has 0 radical (unpaired) electrons. The molecule has 0 unspecified atom stereocenters. The number of aromatic nitrogens is 2. The van der Waals surface area contributed by atoms with Gasteiger partial charge in [-0.25, -0.2) is 0 Å². The summed E-state index contributed by atoms with van der Waals surface area (Å²) in [5, 5.41) is 10.9. The molecule has 0 aliphatic carbocycles. The number of halogens is 4. The van der Waals surface area contributed by atoms with Crippen molar-refractivity contribution in [3.63, 3.8) is 0 Å². The molecule has 1 aromatic heterocycles. The third kappa shape index (κ3) is 7.10. The van der Waals surface area contributed by atoms with E-state index in [0.29, 0.717) is 12.5 Å². The Morgan fingerprint density at radius 1 is 1.26 bits per heavy atom. The second kappa shape index (κ2) is 9.86. The Labute approximate surface area is 182 Å². The minimum absolute atomic E-state index is 0.115. The van der Waals surface area contributed by atoms with Gasteiger partial charge in [0.05, 0.1) is 0 Å². The molecule has 31 heavy (non-hydrogen) atoms. The number of hydrogen-bond acceptors (Lipinski definition) is 5. The molecule has 170 valence electrons. The second-order valence-corrected chi connectivity index (χ2v) is 8.36. The van der Waals surface area contributed by atoms with E-state index in [9.17, 15) is 23.3 Å². The molecule has 7 nitrogen and oxygen atoms in total. The lowest BCUT2D eigenvalue weighted by atomic mass is 9.90. The van der Waals surface area contributed by atoms with E-state index in [1.54, 1.807) is 16.7 Å². The Balaban J connectivity index is 1.42. The summed E-state index contributed by atoms with van der Waals surface area (Å²) >= 11 is 5.98. The number of ether oxygens (including phenoxy) is 1. The number of benzene rings is 1. The number of hydrogen-bond donors (Lipinski definition) is 0. The number of alkyl halides is 3. The lowest BCUT2D eigenvalue weighted by molar-refractivity contribution is -0.389. The summed E-state index contributed by atoms with van der Waals surface area (Å²) in [5.41, 5.74) is 0.998. The maximum atomic E-state index is 12.3. The molecule has 1 aliphatic heterocycles. The lowest BCUT2D eigenvalue weighted by Gasteiger charge is -2.33. The van der Waals surface area contributed by atoms with Gasteiger partial charge in [0, 0.05) is 13.1 Å². The predicted octanol–water partition coefficient (Wildman–Crippen LogP) is 4.93. The molecular formula is C20H24ClF3N4O3. The zero-order chi connectivity index (χ0) is 22.6. The van der Waals surface area contributed by atoms with Crippen molar-refractivity contribution in [3.05, 3.63) is 51.4 Å². The molecule has 0 N–H and O–H groups in total. The van der Waals surface area contributed by atoms with Crippen molar-refractivity contribution in [2.24, 2.45) is 11.8 Å². The van der Waals surface area contributed by atoms with Crippen LogP contribution < -0.4 is 4.74 Å². The highest BCUT2D eigenvalue weighted by atomic mass is 35.5. The highest BCUT2D eigenvalue weighted by Gasteiger charge is 2.31. The van der Waals surface area contributed by atoms with Crippen molar-refractivity contribution >= 4 is 17.4 Å². The summed E-state index contributed by atoms with van der Waals surface area (Å²) in [6.45, 7) is 5.33. The summed E-state index contributed by atoms with van der Waals surface area (Å²) in [6, 6.07) is 6.07. The standard InChI is InChI=1S/C20H24ClF3N4O3/c1-14(12-27-13-18(28(29)30)25-19(27)21)11-26-8-6-16(7-9-26)10-15-2-4-17(5-3-15)31-20(22,23)24/h2-5,13-14,16H,6-12H2,1H3/t14-/m0/s1. The Kier molecular flexibility index (Phi) is 7.42. The van der Waals surface area contributed by atoms with E-state index in [0.717, 1.165) is 44.5 Å². The predicted molar refractivity (Wildman–Crippen MR) is 109 cm³/mol. The number of rotatable bonds is 8. The van der Waals surface area contributed by atoms with Crippen LogP contribution in [0.3, 0.4) is 0 Å². The highest BCUT2D eigenvalue weighted by Crippen LogP contribution is 2.26. The van der Waals surface area contributed by atoms with Crippen LogP contribution in [0.5, 0.6) is 5.75 Å². The van der Waals surface area contributed by atoms with Gasteiger partial charge in [0.25, 0.3) is 0 Å². The van der Waals surface area contributed by atoms with Gasteiger partial charge in [-0.05, 0) is 83.4 Å². The van der Waals surface area contributed by atoms with E-state index < -0.39 is 11.3 Å². The van der Waals surface area contributed by atoms with Crippen LogP contribution in [0.2, 0.25) is 5.28 Å². The molecule has 0 spiro atoms. The van der Waals surface area contributed by atoms with Crippen molar-refractivity contribution in [1.29, 1.82) is 0 Å². The normalized spacial score (nSPS) is 16.9. The van der Waals surface area contributed by atoms with Gasteiger partial charge in [-0.2, -0.15) is 0 Å². The van der Waals surface area contributed by atoms with Gasteiger partial charge in [0.2, 0.25) is 0 Å². The first-order valence-corrected chi connectivity index (χ1v) is 10.4. The van der Waals surface area contributed by atoms with E-state index in [4.69, 9.17) is 11.6 Å². The summed E-state index contributed by atoms with van der Waals surface area (Å²) in [5.74, 6) is 0.259. The average Bonchev–Trinajstić information content (AvgIpc) is 3.04. The number of likely N-dealkylation sites (tertiary alicyclic amines) is 1. The van der Waals surface area contributed by atoms with Crippen LogP contribution in [0.25, 0.3) is 0 Å². The van der Waals surface area contributed by atoms with Crippen molar-refractivity contribution < 1.29 is 22.8 Å². The third-order valence-electron chi connectivity index (χ3n) is 5.37. The van der Waals surface area contributed by atoms with Crippen LogP contribution in [0.15, 0.2) is 30.5 Å². The first kappa shape index (κ1) is 23.3. The highest BCUT2D eigenvalue weighted by molar-refractivity contribution is 6.28. The van der Waals surface area contributed by atoms with Gasteiger partial charge in [0.1, 0.15) is 11.9 Å². The fourth-order valence-electron chi connectivity index (χ4n) is 3.96. The SMILES string of the molecule is C[C@@H](CN1CCC(Cc2ccc(OC(F)(F)F)cc2)CC1)Cn1cc([N+](=O)[O-])nc1Cl. The van der Waals surface area contributed by atoms with E-state index in [1.165, 1.54) is 18.3 Å². The Morgan fingerprint density at radius 2 is 1.90 bits per heavy atom. The minimum Gasteiger partial charge on any atom is -0.406 e. The molecule has 2 heterocycles. The van der Waals surface area contributed by atoms with Crippen LogP contribution >= 0.6 is 11.6 Å². The van der Waals surface area contributed by atoms with E-state index in [-0.39, 0.29) is 22.8 Å². The minimum atomic E-state index is -4.68. The maximum Gasteiger partial charge on any atom is 0.573 e. The summed E-state index contributed by atoms with van der Waals surface area (Å²) in [6.07, 6.45) is -0.487. The molecule has 0 saturated carbocycles. The molecule has 3 rings (SSSR count). The Bertz CT molecular complexity index is 881. The molecule has 1 atom stereocenters. The van der Waals surface area contributed by atoms with Crippen molar-refractivity contribution in [2.75, 3.05) is 19.6 Å². The topological polar surface area (TPSA) is 73.4 Å². The zero-order valence-electron chi connectivity index (χ0n) is 17.0. The summed E-state index contributed by atoms with van der Waals surface area (Å²) in [4.78, 5) is 16.3. The van der Waals surface area contributed by atoms with Gasteiger partial charge in [0.15, 0.2) is 0 Å². The fourth-order valence-corrected chi connectivity index (χ4v) is 4.17. The van der Waals surface area contributed by atoms with Crippen LogP contribution in [0.4, 0.5) is 19.0 Å². The van der Waals surface area contributed by atoms with Crippen LogP contribution in [0, 0.1) is 22.0 Å². The van der Waals surface area contributed by atoms with Crippen molar-refractivity contribution in [3.8, 4) is 5.75 Å². The van der Waals surface area contributed by atoms with Gasteiger partial charge in [-0.3, -0.25) is 4.57 Å². The van der Waals surface area contributed by atoms with Gasteiger partial charge in [-0.1, -0.05) is 19.1 Å². The zero-order valence-corrected chi connectivity index (χ0v) is 17.8. The van der Waals surface area contributed by atoms with Gasteiger partial charge >= 0.3 is 17.5 Å². The molecule has 2 aromatic rings. The molecule has 1 aromatic carbocycles. The smallest absolute Gasteiger partial charge is 0.406 e. The average molecular weight is 461 g/mol. The third-order valence-corrected chi connectivity index (χ3v) is 5.67. The van der Waals surface area contributed by atoms with Crippen molar-refractivity contribution in [2.45, 2.75) is 39.1 Å². The molecule has 1 aliphatic rings. The number of piperidine rings is 1. The van der Waals surface area contributed by atoms with Gasteiger partial charge < -0.3 is 19.8 Å². The quantitative estimate of drug-likeness (QED) is 0.412. The molecule has 1 fully saturated rings. The van der Waals surface area contributed by atoms with Gasteiger partial charge in [-0.15, -0.1) is 13.2 Å². The molecule has 11 heteroatoms. The summed E-state index contributed by atoms with van der Waals surface area (Å²) < 4.78 is 42.3. The first-order chi connectivity index (χ1) is 14.6. The van der Waals surface area contributed by atoms with E-state index >= 15 is 0 Å². The fraction of sp³-hybridized carbons (Fsp3) is 0.550. The van der Waals surface area contributed by atoms with E-state index in [1.807, 2.05) is 0 Å². The number of nitro groups is 1.